The van der Waals surface area contributed by atoms with Gasteiger partial charge in [0, 0.05) is 23.7 Å². The fourth-order valence-corrected chi connectivity index (χ4v) is 2.82. The Morgan fingerprint density at radius 2 is 1.89 bits per heavy atom. The number of carbonyl (C=O) groups is 1. The first-order valence-electron chi connectivity index (χ1n) is 8.54. The Balaban J connectivity index is 1.75. The van der Waals surface area contributed by atoms with Gasteiger partial charge in [-0.15, -0.1) is 0 Å². The summed E-state index contributed by atoms with van der Waals surface area (Å²) in [5, 5.41) is 8.21. The number of rotatable bonds is 4. The number of hydrogen-bond acceptors (Lipinski definition) is 5. The van der Waals surface area contributed by atoms with Gasteiger partial charge >= 0.3 is 0 Å². The summed E-state index contributed by atoms with van der Waals surface area (Å²) in [6, 6.07) is 14.0. The smallest absolute Gasteiger partial charge is 0.290 e. The molecule has 0 unspecified atom stereocenters. The number of hydrogen-bond donors (Lipinski definition) is 3. The van der Waals surface area contributed by atoms with Crippen molar-refractivity contribution in [3.05, 3.63) is 64.6 Å². The second kappa shape index (κ2) is 8.49. The number of nitrogens with zero attached hydrogens (tertiary/aromatic N) is 2. The molecule has 0 atom stereocenters. The zero-order valence-electron chi connectivity index (χ0n) is 15.4. The molecule has 1 heterocycles. The van der Waals surface area contributed by atoms with Crippen LogP contribution in [0.15, 0.2) is 53.3 Å². The number of methoxy groups -OCH3 is 1. The van der Waals surface area contributed by atoms with Gasteiger partial charge in [-0.1, -0.05) is 24.3 Å². The molecule has 9 heteroatoms. The van der Waals surface area contributed by atoms with Gasteiger partial charge in [0.25, 0.3) is 11.5 Å². The maximum absolute atomic E-state index is 12.6. The van der Waals surface area contributed by atoms with Crippen molar-refractivity contribution in [2.45, 2.75) is 13.5 Å². The van der Waals surface area contributed by atoms with Gasteiger partial charge in [-0.25, -0.2) is 4.68 Å². The molecule has 3 rings (SSSR count). The maximum Gasteiger partial charge on any atom is 0.290 e. The van der Waals surface area contributed by atoms with Crippen LogP contribution in [0.25, 0.3) is 10.8 Å². The lowest BCUT2D eigenvalue weighted by Gasteiger charge is -2.13. The number of ether oxygens (including phenoxy) is 1. The highest BCUT2D eigenvalue weighted by Gasteiger charge is 2.16. The van der Waals surface area contributed by atoms with Gasteiger partial charge in [0.15, 0.2) is 10.8 Å². The number of carbonyl (C=O) groups excluding carboxylic acids is 1. The van der Waals surface area contributed by atoms with Gasteiger partial charge in [-0.05, 0) is 37.3 Å². The van der Waals surface area contributed by atoms with Crippen molar-refractivity contribution in [2.75, 3.05) is 12.4 Å². The molecule has 0 aliphatic heterocycles. The molecule has 144 valence electrons. The fourth-order valence-electron chi connectivity index (χ4n) is 2.65. The molecular formula is C19H19N5O3S. The monoisotopic (exact) mass is 397 g/mol. The van der Waals surface area contributed by atoms with Gasteiger partial charge in [-0.3, -0.25) is 20.4 Å². The van der Waals surface area contributed by atoms with Crippen molar-refractivity contribution in [2.24, 2.45) is 0 Å². The Hall–Kier alpha value is -3.46. The summed E-state index contributed by atoms with van der Waals surface area (Å²) < 4.78 is 6.41. The fraction of sp³-hybridized carbons (Fsp3) is 0.158. The molecule has 0 fully saturated rings. The molecule has 28 heavy (non-hydrogen) atoms. The minimum atomic E-state index is -0.506. The van der Waals surface area contributed by atoms with Gasteiger partial charge in [-0.2, -0.15) is 5.10 Å². The summed E-state index contributed by atoms with van der Waals surface area (Å²) in [6.07, 6.45) is 0. The zero-order chi connectivity index (χ0) is 20.1. The number of amides is 1. The molecule has 8 nitrogen and oxygen atoms in total. The Bertz CT molecular complexity index is 1100. The van der Waals surface area contributed by atoms with Gasteiger partial charge in [0.2, 0.25) is 0 Å². The van der Waals surface area contributed by atoms with Crippen LogP contribution in [0.4, 0.5) is 5.69 Å². The van der Waals surface area contributed by atoms with Crippen LogP contribution in [-0.2, 0) is 6.54 Å². The van der Waals surface area contributed by atoms with E-state index in [0.29, 0.717) is 28.8 Å². The van der Waals surface area contributed by atoms with Crippen LogP contribution in [0, 0.1) is 0 Å². The number of hydrazine groups is 1. The third-order valence-corrected chi connectivity index (χ3v) is 4.20. The van der Waals surface area contributed by atoms with Gasteiger partial charge < -0.3 is 10.1 Å². The normalized spacial score (nSPS) is 10.4. The van der Waals surface area contributed by atoms with E-state index in [0.717, 1.165) is 0 Å². The molecule has 0 bridgehead atoms. The van der Waals surface area contributed by atoms with Crippen LogP contribution in [0.2, 0.25) is 0 Å². The second-order valence-corrected chi connectivity index (χ2v) is 6.19. The molecule has 0 saturated heterocycles. The standard InChI is InChI=1S/C19H19N5O3S/c1-3-24-18(26)15-10-5-4-9-14(15)16(23-24)17(25)21-22-19(28)20-12-7-6-8-13(11-12)27-2/h4-11H,3H2,1-2H3,(H,21,25)(H2,20,22,28). The Kier molecular flexibility index (Phi) is 5.85. The van der Waals surface area contributed by atoms with Crippen LogP contribution >= 0.6 is 12.2 Å². The lowest BCUT2D eigenvalue weighted by Crippen LogP contribution is -2.44. The van der Waals surface area contributed by atoms with E-state index in [1.165, 1.54) is 4.68 Å². The van der Waals surface area contributed by atoms with Crippen molar-refractivity contribution in [3.63, 3.8) is 0 Å². The van der Waals surface area contributed by atoms with Crippen molar-refractivity contribution in [3.8, 4) is 5.75 Å². The average Bonchev–Trinajstić information content (AvgIpc) is 2.72. The van der Waals surface area contributed by atoms with E-state index in [1.807, 2.05) is 18.2 Å². The van der Waals surface area contributed by atoms with E-state index in [1.54, 1.807) is 44.4 Å². The molecule has 0 aliphatic rings. The van der Waals surface area contributed by atoms with Crippen LogP contribution in [0.3, 0.4) is 0 Å². The summed E-state index contributed by atoms with van der Waals surface area (Å²) in [5.41, 5.74) is 5.74. The first-order valence-corrected chi connectivity index (χ1v) is 8.95. The van der Waals surface area contributed by atoms with E-state index in [9.17, 15) is 9.59 Å². The highest BCUT2D eigenvalue weighted by atomic mass is 32.1. The van der Waals surface area contributed by atoms with E-state index in [4.69, 9.17) is 17.0 Å². The number of aromatic nitrogens is 2. The predicted molar refractivity (Wildman–Crippen MR) is 111 cm³/mol. The summed E-state index contributed by atoms with van der Waals surface area (Å²) >= 11 is 5.20. The van der Waals surface area contributed by atoms with E-state index in [-0.39, 0.29) is 16.4 Å². The third-order valence-electron chi connectivity index (χ3n) is 4.00. The topological polar surface area (TPSA) is 97.3 Å². The maximum atomic E-state index is 12.6. The first kappa shape index (κ1) is 19.3. The van der Waals surface area contributed by atoms with Crippen LogP contribution in [0.1, 0.15) is 17.4 Å². The lowest BCUT2D eigenvalue weighted by atomic mass is 10.1. The zero-order valence-corrected chi connectivity index (χ0v) is 16.2. The van der Waals surface area contributed by atoms with Crippen molar-refractivity contribution < 1.29 is 9.53 Å². The minimum Gasteiger partial charge on any atom is -0.497 e. The molecule has 2 aromatic carbocycles. The quantitative estimate of drug-likeness (QED) is 0.458. The molecule has 0 saturated carbocycles. The minimum absolute atomic E-state index is 0.133. The number of thiocarbonyl (C=S) groups is 1. The highest BCUT2D eigenvalue weighted by molar-refractivity contribution is 7.80. The largest absolute Gasteiger partial charge is 0.497 e. The summed E-state index contributed by atoms with van der Waals surface area (Å²) in [7, 11) is 1.57. The van der Waals surface area contributed by atoms with Gasteiger partial charge in [0.05, 0.1) is 12.5 Å². The van der Waals surface area contributed by atoms with Crippen molar-refractivity contribution in [1.29, 1.82) is 0 Å². The van der Waals surface area contributed by atoms with Gasteiger partial charge in [0.1, 0.15) is 5.75 Å². The van der Waals surface area contributed by atoms with E-state index < -0.39 is 5.91 Å². The summed E-state index contributed by atoms with van der Waals surface area (Å²) in [5.74, 6) is 0.169. The molecule has 3 N–H and O–H groups in total. The van der Waals surface area contributed by atoms with E-state index in [2.05, 4.69) is 21.3 Å². The second-order valence-electron chi connectivity index (χ2n) is 5.78. The Labute approximate surface area is 166 Å². The Morgan fingerprint density at radius 1 is 1.14 bits per heavy atom. The van der Waals surface area contributed by atoms with Crippen molar-refractivity contribution in [1.82, 2.24) is 20.6 Å². The molecule has 0 aliphatic carbocycles. The average molecular weight is 397 g/mol. The number of aryl methyl sites for hydroxylation is 1. The molecule has 0 spiro atoms. The molecule has 3 aromatic rings. The molecular weight excluding hydrogens is 378 g/mol. The van der Waals surface area contributed by atoms with Crippen LogP contribution < -0.4 is 26.5 Å². The van der Waals surface area contributed by atoms with E-state index >= 15 is 0 Å². The Morgan fingerprint density at radius 3 is 2.61 bits per heavy atom. The number of fused-ring (bicyclic) bond motifs is 1. The number of benzene rings is 2. The number of anilines is 1. The highest BCUT2D eigenvalue weighted by Crippen LogP contribution is 2.16. The number of nitrogens with one attached hydrogen (secondary N) is 3. The molecule has 1 aromatic heterocycles. The summed E-state index contributed by atoms with van der Waals surface area (Å²) in [4.78, 5) is 25.0. The lowest BCUT2D eigenvalue weighted by molar-refractivity contribution is 0.0938. The predicted octanol–water partition coefficient (Wildman–Crippen LogP) is 2.06. The van der Waals surface area contributed by atoms with Crippen molar-refractivity contribution >= 4 is 39.7 Å². The molecule has 1 amide bonds. The van der Waals surface area contributed by atoms with Crippen LogP contribution in [0.5, 0.6) is 5.75 Å². The van der Waals surface area contributed by atoms with Crippen LogP contribution in [-0.4, -0.2) is 27.9 Å². The third kappa shape index (κ3) is 4.09. The summed E-state index contributed by atoms with van der Waals surface area (Å²) in [6.45, 7) is 2.14. The first-order chi connectivity index (χ1) is 13.5. The molecule has 0 radical (unpaired) electrons. The SMILES string of the molecule is CCn1nc(C(=O)NNC(=S)Nc2cccc(OC)c2)c2ccccc2c1=O.